The molecule has 21 heavy (non-hydrogen) atoms. The topological polar surface area (TPSA) is 21.6 Å². The zero-order valence-electron chi connectivity index (χ0n) is 14.5. The predicted octanol–water partition coefficient (Wildman–Crippen LogP) is 6.28. The number of aliphatic imine (C=N–C) groups is 1. The van der Waals surface area contributed by atoms with Crippen molar-refractivity contribution in [1.82, 2.24) is 0 Å². The molecule has 0 spiro atoms. The van der Waals surface area contributed by atoms with E-state index in [-0.39, 0.29) is 0 Å². The van der Waals surface area contributed by atoms with Crippen LogP contribution < -0.4 is 0 Å². The molecule has 0 aliphatic carbocycles. The zero-order chi connectivity index (χ0) is 15.2. The van der Waals surface area contributed by atoms with E-state index >= 15 is 0 Å². The predicted molar refractivity (Wildman–Crippen MR) is 93.2 cm³/mol. The summed E-state index contributed by atoms with van der Waals surface area (Å²) in [5.41, 5.74) is 0. The van der Waals surface area contributed by atoms with Crippen LogP contribution in [0.2, 0.25) is 0 Å². The first-order chi connectivity index (χ1) is 10.3. The molecule has 0 N–H and O–H groups in total. The van der Waals surface area contributed by atoms with Crippen molar-refractivity contribution >= 4 is 5.90 Å². The maximum absolute atomic E-state index is 5.52. The molecule has 1 aliphatic heterocycles. The highest BCUT2D eigenvalue weighted by molar-refractivity contribution is 5.77. The van der Waals surface area contributed by atoms with Gasteiger partial charge >= 0.3 is 0 Å². The van der Waals surface area contributed by atoms with Crippen LogP contribution in [-0.4, -0.2) is 18.5 Å². The number of hydrogen-bond acceptors (Lipinski definition) is 2. The molecule has 1 rings (SSSR count). The van der Waals surface area contributed by atoms with Gasteiger partial charge < -0.3 is 4.74 Å². The Morgan fingerprint density at radius 2 is 1.29 bits per heavy atom. The molecule has 0 unspecified atom stereocenters. The summed E-state index contributed by atoms with van der Waals surface area (Å²) in [5, 5.41) is 0. The van der Waals surface area contributed by atoms with Gasteiger partial charge in [0.15, 0.2) is 5.90 Å². The van der Waals surface area contributed by atoms with E-state index in [1.165, 1.54) is 83.5 Å². The number of hydrogen-bond donors (Lipinski definition) is 0. The molecule has 0 bridgehead atoms. The van der Waals surface area contributed by atoms with Gasteiger partial charge in [-0.05, 0) is 13.3 Å². The highest BCUT2D eigenvalue weighted by Crippen LogP contribution is 2.14. The van der Waals surface area contributed by atoms with Crippen LogP contribution in [0.15, 0.2) is 4.99 Å². The summed E-state index contributed by atoms with van der Waals surface area (Å²) in [7, 11) is 0. The van der Waals surface area contributed by atoms with Gasteiger partial charge in [0.2, 0.25) is 0 Å². The molecule has 0 saturated heterocycles. The first-order valence-electron chi connectivity index (χ1n) is 9.52. The lowest BCUT2D eigenvalue weighted by atomic mass is 10.0. The van der Waals surface area contributed by atoms with Crippen molar-refractivity contribution in [3.63, 3.8) is 0 Å². The third-order valence-electron chi connectivity index (χ3n) is 4.35. The Morgan fingerprint density at radius 1 is 0.810 bits per heavy atom. The Hall–Kier alpha value is -0.530. The van der Waals surface area contributed by atoms with Gasteiger partial charge in [-0.1, -0.05) is 84.0 Å². The van der Waals surface area contributed by atoms with E-state index in [2.05, 4.69) is 18.8 Å². The summed E-state index contributed by atoms with van der Waals surface area (Å²) in [5.74, 6) is 1.01. The lowest BCUT2D eigenvalue weighted by Crippen LogP contribution is -2.00. The van der Waals surface area contributed by atoms with E-state index in [1.807, 2.05) is 0 Å². The quantitative estimate of drug-likeness (QED) is 0.345. The normalized spacial score (nSPS) is 17.8. The minimum absolute atomic E-state index is 0.391. The van der Waals surface area contributed by atoms with Crippen molar-refractivity contribution in [3.05, 3.63) is 0 Å². The fraction of sp³-hybridized carbons (Fsp3) is 0.947. The molecule has 0 fully saturated rings. The highest BCUT2D eigenvalue weighted by Gasteiger charge is 2.12. The molecule has 0 radical (unpaired) electrons. The molecule has 1 heterocycles. The summed E-state index contributed by atoms with van der Waals surface area (Å²) in [4.78, 5) is 4.48. The van der Waals surface area contributed by atoms with Crippen molar-refractivity contribution in [2.45, 2.75) is 110 Å². The van der Waals surface area contributed by atoms with Gasteiger partial charge in [-0.2, -0.15) is 0 Å². The maximum atomic E-state index is 5.52. The highest BCUT2D eigenvalue weighted by atomic mass is 16.5. The third-order valence-corrected chi connectivity index (χ3v) is 4.35. The van der Waals surface area contributed by atoms with Crippen LogP contribution in [0, 0.1) is 0 Å². The van der Waals surface area contributed by atoms with Crippen LogP contribution in [-0.2, 0) is 4.74 Å². The molecule has 0 aromatic heterocycles. The number of unbranched alkanes of at least 4 members (excludes halogenated alkanes) is 12. The first-order valence-corrected chi connectivity index (χ1v) is 9.52. The molecule has 2 heteroatoms. The maximum Gasteiger partial charge on any atom is 0.183 e. The van der Waals surface area contributed by atoms with Crippen molar-refractivity contribution in [2.24, 2.45) is 4.99 Å². The Balaban J connectivity index is 1.72. The van der Waals surface area contributed by atoms with Crippen LogP contribution >= 0.6 is 0 Å². The Kier molecular flexibility index (Phi) is 11.6. The SMILES string of the molecule is CCCCCCCCCCCCCCCC1=N[C@@H](C)CO1. The van der Waals surface area contributed by atoms with Gasteiger partial charge in [-0.15, -0.1) is 0 Å². The van der Waals surface area contributed by atoms with E-state index in [0.717, 1.165) is 18.9 Å². The minimum atomic E-state index is 0.391. The van der Waals surface area contributed by atoms with Gasteiger partial charge in [0.25, 0.3) is 0 Å². The zero-order valence-corrected chi connectivity index (χ0v) is 14.5. The van der Waals surface area contributed by atoms with Gasteiger partial charge in [0.05, 0.1) is 6.04 Å². The van der Waals surface area contributed by atoms with Crippen LogP contribution in [0.3, 0.4) is 0 Å². The van der Waals surface area contributed by atoms with Gasteiger partial charge in [0, 0.05) is 6.42 Å². The Labute approximate surface area is 132 Å². The van der Waals surface area contributed by atoms with E-state index in [1.54, 1.807) is 0 Å². The number of nitrogens with zero attached hydrogens (tertiary/aromatic N) is 1. The first kappa shape index (κ1) is 18.5. The largest absolute Gasteiger partial charge is 0.479 e. The summed E-state index contributed by atoms with van der Waals surface area (Å²) in [6.07, 6.45) is 19.4. The second kappa shape index (κ2) is 13.2. The lowest BCUT2D eigenvalue weighted by Gasteiger charge is -2.03. The molecule has 1 aliphatic rings. The Morgan fingerprint density at radius 3 is 1.71 bits per heavy atom. The van der Waals surface area contributed by atoms with Crippen molar-refractivity contribution in [1.29, 1.82) is 0 Å². The second-order valence-electron chi connectivity index (χ2n) is 6.68. The van der Waals surface area contributed by atoms with E-state index in [9.17, 15) is 0 Å². The minimum Gasteiger partial charge on any atom is -0.479 e. The summed E-state index contributed by atoms with van der Waals surface area (Å²) < 4.78 is 5.52. The summed E-state index contributed by atoms with van der Waals surface area (Å²) >= 11 is 0. The van der Waals surface area contributed by atoms with Crippen LogP contribution in [0.25, 0.3) is 0 Å². The standard InChI is InChI=1S/C19H37NO/c1-3-4-5-6-7-8-9-10-11-12-13-14-15-16-19-20-18(2)17-21-19/h18H,3-17H2,1-2H3/t18-/m0/s1. The monoisotopic (exact) mass is 295 g/mol. The average molecular weight is 296 g/mol. The van der Waals surface area contributed by atoms with Crippen molar-refractivity contribution in [3.8, 4) is 0 Å². The summed E-state index contributed by atoms with van der Waals surface area (Å²) in [6, 6.07) is 0.391. The van der Waals surface area contributed by atoms with E-state index < -0.39 is 0 Å². The van der Waals surface area contributed by atoms with Crippen LogP contribution in [0.4, 0.5) is 0 Å². The average Bonchev–Trinajstić information content (AvgIpc) is 2.89. The lowest BCUT2D eigenvalue weighted by molar-refractivity contribution is 0.314. The fourth-order valence-corrected chi connectivity index (χ4v) is 2.97. The summed E-state index contributed by atoms with van der Waals surface area (Å²) in [6.45, 7) is 5.21. The smallest absolute Gasteiger partial charge is 0.183 e. The van der Waals surface area contributed by atoms with Crippen LogP contribution in [0.1, 0.15) is 104 Å². The van der Waals surface area contributed by atoms with Gasteiger partial charge in [0.1, 0.15) is 6.61 Å². The van der Waals surface area contributed by atoms with E-state index in [4.69, 9.17) is 4.74 Å². The molecule has 124 valence electrons. The van der Waals surface area contributed by atoms with Crippen LogP contribution in [0.5, 0.6) is 0 Å². The molecule has 0 saturated carbocycles. The van der Waals surface area contributed by atoms with Crippen molar-refractivity contribution in [2.75, 3.05) is 6.61 Å². The molecule has 0 amide bonds. The van der Waals surface area contributed by atoms with Crippen molar-refractivity contribution < 1.29 is 4.74 Å². The fourth-order valence-electron chi connectivity index (χ4n) is 2.97. The number of rotatable bonds is 14. The Bertz CT molecular complexity index is 262. The molecule has 0 aromatic rings. The van der Waals surface area contributed by atoms with E-state index in [0.29, 0.717) is 6.04 Å². The van der Waals surface area contributed by atoms with Gasteiger partial charge in [-0.3, -0.25) is 0 Å². The van der Waals surface area contributed by atoms with Gasteiger partial charge in [-0.25, -0.2) is 4.99 Å². The number of ether oxygens (including phenoxy) is 1. The third kappa shape index (κ3) is 10.8. The molecule has 0 aromatic carbocycles. The second-order valence-corrected chi connectivity index (χ2v) is 6.68. The molecular weight excluding hydrogens is 258 g/mol. The molecular formula is C19H37NO. The molecule has 1 atom stereocenters. The molecule has 2 nitrogen and oxygen atoms in total.